The van der Waals surface area contributed by atoms with E-state index < -0.39 is 5.54 Å². The van der Waals surface area contributed by atoms with Crippen LogP contribution in [0.2, 0.25) is 0 Å². The SMILES string of the molecule is CC(C)(C)NC(=O)N1CCc2c(-c3cnn(-c4ccccc4)c3)ccc(CNC(=O)C3C(c4ccn(-c5cccc(-c6ccc(CNC(=O)C7C[C@H]7c7ccccc7)c7c6CCN(C(=O)NC(C)(C)C)C7)c5)n4)[C@H]3c3ccccc3)c2C1. The van der Waals surface area contributed by atoms with Gasteiger partial charge in [-0.2, -0.15) is 10.2 Å². The Morgan fingerprint density at radius 3 is 1.70 bits per heavy atom. The minimum atomic E-state index is -0.394. The van der Waals surface area contributed by atoms with Crippen molar-refractivity contribution in [2.45, 2.75) is 116 Å². The molecule has 82 heavy (non-hydrogen) atoms. The summed E-state index contributed by atoms with van der Waals surface area (Å²) in [5, 5.41) is 22.9. The number of nitrogens with one attached hydrogen (secondary N) is 4. The second-order valence-electron chi connectivity index (χ2n) is 24.7. The Balaban J connectivity index is 0.788. The van der Waals surface area contributed by atoms with Crippen LogP contribution in [0.3, 0.4) is 0 Å². The lowest BCUT2D eigenvalue weighted by Gasteiger charge is -2.34. The van der Waals surface area contributed by atoms with Crippen LogP contribution >= 0.6 is 0 Å². The fraction of sp³-hybridized carbons (Fsp3) is 0.324. The standard InChI is InChI=1S/C68H72N10O4/c1-67(2,3)72-65(81)75-32-29-53-51(27-25-46(57(53)41-75)37-69-63(79)56-36-55(56)43-17-10-7-11-18-43)45-21-16-24-50(35-45)77-34-31-59(74-77)61-60(44-19-12-8-13-20-44)62(61)64(80)70-38-47-26-28-52(48-39-71-78(40-48)49-22-14-9-15-23-49)54-30-33-76(42-58(47)54)66(82)73-68(4,5)6/h7-28,31,34-35,39-40,55-56,60-62H,29-30,32-33,36-38,41-42H2,1-6H3,(H,69,79)(H,70,80)(H,72,81)(H,73,82)/t55-,56?,60+,61?,62?/m0/s1. The third-order valence-electron chi connectivity index (χ3n) is 16.6. The molecule has 5 atom stereocenters. The summed E-state index contributed by atoms with van der Waals surface area (Å²) in [5.41, 5.74) is 14.8. The van der Waals surface area contributed by atoms with E-state index in [2.05, 4.69) is 100 Å². The van der Waals surface area contributed by atoms with Gasteiger partial charge in [-0.15, -0.1) is 0 Å². The van der Waals surface area contributed by atoms with Crippen LogP contribution < -0.4 is 21.3 Å². The number of carbonyl (C=O) groups is 4. The number of hydrogen-bond acceptors (Lipinski definition) is 6. The number of para-hydroxylation sites is 1. The molecule has 6 aromatic carbocycles. The molecule has 2 aliphatic heterocycles. The highest BCUT2D eigenvalue weighted by Gasteiger charge is 2.57. The number of fused-ring (bicyclic) bond motifs is 2. The van der Waals surface area contributed by atoms with Gasteiger partial charge in [0.1, 0.15) is 0 Å². The second kappa shape index (κ2) is 21.9. The van der Waals surface area contributed by atoms with Gasteiger partial charge in [0.25, 0.3) is 0 Å². The maximum atomic E-state index is 14.7. The van der Waals surface area contributed by atoms with Crippen molar-refractivity contribution in [1.29, 1.82) is 0 Å². The van der Waals surface area contributed by atoms with Gasteiger partial charge < -0.3 is 31.1 Å². The maximum absolute atomic E-state index is 14.7. The molecule has 2 fully saturated rings. The fourth-order valence-corrected chi connectivity index (χ4v) is 12.4. The van der Waals surface area contributed by atoms with Crippen LogP contribution in [-0.2, 0) is 48.6 Å². The molecule has 0 bridgehead atoms. The van der Waals surface area contributed by atoms with Crippen molar-refractivity contribution >= 4 is 23.9 Å². The summed E-state index contributed by atoms with van der Waals surface area (Å²) in [6.45, 7) is 14.6. The van der Waals surface area contributed by atoms with E-state index in [9.17, 15) is 19.2 Å². The van der Waals surface area contributed by atoms with Crippen LogP contribution in [0, 0.1) is 11.8 Å². The number of rotatable bonds is 13. The maximum Gasteiger partial charge on any atom is 0.318 e. The molecule has 3 unspecified atom stereocenters. The second-order valence-corrected chi connectivity index (χ2v) is 24.7. The van der Waals surface area contributed by atoms with E-state index in [0.29, 0.717) is 52.1 Å². The molecule has 2 aliphatic carbocycles. The van der Waals surface area contributed by atoms with Crippen molar-refractivity contribution in [3.05, 3.63) is 214 Å². The molecule has 4 N–H and O–H groups in total. The predicted octanol–water partition coefficient (Wildman–Crippen LogP) is 11.4. The van der Waals surface area contributed by atoms with Crippen molar-refractivity contribution in [2.24, 2.45) is 11.8 Å². The molecule has 2 aromatic heterocycles. The summed E-state index contributed by atoms with van der Waals surface area (Å²) in [6, 6.07) is 49.3. The van der Waals surface area contributed by atoms with Crippen molar-refractivity contribution in [1.82, 2.24) is 50.6 Å². The molecule has 8 aromatic rings. The first kappa shape index (κ1) is 53.8. The lowest BCUT2D eigenvalue weighted by molar-refractivity contribution is -0.123. The van der Waals surface area contributed by atoms with Crippen LogP contribution in [0.4, 0.5) is 9.59 Å². The quantitative estimate of drug-likeness (QED) is 0.0900. The summed E-state index contributed by atoms with van der Waals surface area (Å²) >= 11 is 0. The minimum absolute atomic E-state index is 0.0401. The van der Waals surface area contributed by atoms with Crippen LogP contribution in [-0.4, -0.2) is 77.4 Å². The lowest BCUT2D eigenvalue weighted by atomic mass is 9.87. The third kappa shape index (κ3) is 11.4. The normalized spacial score (nSPS) is 19.1. The molecular weight excluding hydrogens is 1020 g/mol. The smallest absolute Gasteiger partial charge is 0.318 e. The molecule has 2 saturated carbocycles. The number of carbonyl (C=O) groups excluding carboxylic acids is 4. The third-order valence-corrected chi connectivity index (χ3v) is 16.6. The molecule has 6 amide bonds. The average molecular weight is 1090 g/mol. The number of aromatic nitrogens is 4. The summed E-state index contributed by atoms with van der Waals surface area (Å²) < 4.78 is 3.79. The van der Waals surface area contributed by atoms with E-state index in [-0.39, 0.29) is 59.0 Å². The van der Waals surface area contributed by atoms with Gasteiger partial charge in [0.2, 0.25) is 11.8 Å². The van der Waals surface area contributed by atoms with Gasteiger partial charge in [-0.25, -0.2) is 19.0 Å². The van der Waals surface area contributed by atoms with Crippen LogP contribution in [0.1, 0.15) is 116 Å². The molecule has 4 aliphatic rings. The Hall–Kier alpha value is -8.78. The van der Waals surface area contributed by atoms with Crippen LogP contribution in [0.25, 0.3) is 33.6 Å². The summed E-state index contributed by atoms with van der Waals surface area (Å²) in [6.07, 6.45) is 8.10. The highest BCUT2D eigenvalue weighted by Crippen LogP contribution is 2.60. The molecule has 0 radical (unpaired) electrons. The van der Waals surface area contributed by atoms with Crippen molar-refractivity contribution in [3.63, 3.8) is 0 Å². The Kier molecular flexibility index (Phi) is 14.4. The lowest BCUT2D eigenvalue weighted by Crippen LogP contribution is -2.50. The number of urea groups is 2. The Bertz CT molecular complexity index is 3690. The van der Waals surface area contributed by atoms with E-state index in [1.165, 1.54) is 11.1 Å². The van der Waals surface area contributed by atoms with E-state index >= 15 is 0 Å². The molecule has 14 heteroatoms. The van der Waals surface area contributed by atoms with Crippen molar-refractivity contribution < 1.29 is 19.2 Å². The largest absolute Gasteiger partial charge is 0.352 e. The van der Waals surface area contributed by atoms with Crippen molar-refractivity contribution in [3.8, 4) is 33.6 Å². The van der Waals surface area contributed by atoms with Crippen molar-refractivity contribution in [2.75, 3.05) is 13.1 Å². The Morgan fingerprint density at radius 2 is 1.10 bits per heavy atom. The molecular formula is C68H72N10O4. The van der Waals surface area contributed by atoms with Gasteiger partial charge in [-0.05, 0) is 158 Å². The average Bonchev–Trinajstić information content (AvgIpc) is 3.66. The predicted molar refractivity (Wildman–Crippen MR) is 319 cm³/mol. The van der Waals surface area contributed by atoms with Gasteiger partial charge in [-0.3, -0.25) is 9.59 Å². The van der Waals surface area contributed by atoms with Gasteiger partial charge >= 0.3 is 12.1 Å². The zero-order valence-corrected chi connectivity index (χ0v) is 47.7. The van der Waals surface area contributed by atoms with Gasteiger partial charge in [0.05, 0.1) is 29.2 Å². The summed E-state index contributed by atoms with van der Waals surface area (Å²) in [7, 11) is 0. The molecule has 12 rings (SSSR count). The Labute approximate surface area is 480 Å². The number of hydrogen-bond donors (Lipinski definition) is 4. The zero-order valence-electron chi connectivity index (χ0n) is 47.7. The summed E-state index contributed by atoms with van der Waals surface area (Å²) in [4.78, 5) is 59.3. The first-order chi connectivity index (χ1) is 39.5. The van der Waals surface area contributed by atoms with Gasteiger partial charge in [-0.1, -0.05) is 115 Å². The van der Waals surface area contributed by atoms with Gasteiger partial charge in [0.15, 0.2) is 0 Å². The van der Waals surface area contributed by atoms with E-state index in [1.807, 2.05) is 146 Å². The zero-order chi connectivity index (χ0) is 56.9. The topological polar surface area (TPSA) is 159 Å². The number of benzene rings is 6. The first-order valence-electron chi connectivity index (χ1n) is 28.9. The number of nitrogens with zero attached hydrogens (tertiary/aromatic N) is 6. The monoisotopic (exact) mass is 1090 g/mol. The van der Waals surface area contributed by atoms with E-state index in [4.69, 9.17) is 10.2 Å². The minimum Gasteiger partial charge on any atom is -0.352 e. The van der Waals surface area contributed by atoms with Crippen LogP contribution in [0.15, 0.2) is 164 Å². The highest BCUT2D eigenvalue weighted by atomic mass is 16.2. The van der Waals surface area contributed by atoms with E-state index in [0.717, 1.165) is 79.1 Å². The molecule has 4 heterocycles. The number of amides is 6. The molecule has 418 valence electrons. The summed E-state index contributed by atoms with van der Waals surface area (Å²) in [5.74, 6) is -0.353. The van der Waals surface area contributed by atoms with E-state index in [1.54, 1.807) is 0 Å². The molecule has 0 spiro atoms. The highest BCUT2D eigenvalue weighted by molar-refractivity contribution is 5.86. The Morgan fingerprint density at radius 1 is 0.549 bits per heavy atom. The fourth-order valence-electron chi connectivity index (χ4n) is 12.4. The van der Waals surface area contributed by atoms with Gasteiger partial charge in [0, 0.05) is 86.1 Å². The molecule has 14 nitrogen and oxygen atoms in total. The van der Waals surface area contributed by atoms with Crippen LogP contribution in [0.5, 0.6) is 0 Å². The molecule has 0 saturated heterocycles. The first-order valence-corrected chi connectivity index (χ1v) is 28.9.